The van der Waals surface area contributed by atoms with Crippen LogP contribution in [0, 0.1) is 0 Å². The highest BCUT2D eigenvalue weighted by atomic mass is 32.1. The molecule has 0 fully saturated rings. The Labute approximate surface area is 478 Å². The van der Waals surface area contributed by atoms with E-state index in [1.54, 1.807) is 0 Å². The molecule has 0 saturated carbocycles. The molecule has 4 heterocycles. The van der Waals surface area contributed by atoms with Gasteiger partial charge in [0.1, 0.15) is 0 Å². The van der Waals surface area contributed by atoms with E-state index in [1.807, 2.05) is 11.3 Å². The Morgan fingerprint density at radius 2 is 0.744 bits per heavy atom. The highest BCUT2D eigenvalue weighted by molar-refractivity contribution is 7.25. The van der Waals surface area contributed by atoms with E-state index in [2.05, 4.69) is 290 Å². The average Bonchev–Trinajstić information content (AvgIpc) is 1.95. The van der Waals surface area contributed by atoms with E-state index in [-0.39, 0.29) is 10.8 Å². The van der Waals surface area contributed by atoms with Crippen LogP contribution in [0.25, 0.3) is 147 Å². The Hall–Kier alpha value is -9.74. The lowest BCUT2D eigenvalue weighted by molar-refractivity contribution is 0.661. The predicted molar refractivity (Wildman–Crippen MR) is 348 cm³/mol. The highest BCUT2D eigenvalue weighted by Crippen LogP contribution is 2.54. The van der Waals surface area contributed by atoms with Crippen molar-refractivity contribution in [1.82, 2.24) is 13.7 Å². The number of aromatic nitrogens is 3. The Kier molecular flexibility index (Phi) is 9.24. The largest absolute Gasteiger partial charge is 0.309 e. The molecule has 2 aliphatic rings. The minimum absolute atomic E-state index is 0.117. The fourth-order valence-corrected chi connectivity index (χ4v) is 16.2. The topological polar surface area (TPSA) is 14.8 Å². The van der Waals surface area contributed by atoms with Gasteiger partial charge in [-0.05, 0) is 164 Å². The third kappa shape index (κ3) is 6.19. The molecule has 3 nitrogen and oxygen atoms in total. The van der Waals surface area contributed by atoms with Crippen molar-refractivity contribution in [1.29, 1.82) is 0 Å². The number of hydrogen-bond donors (Lipinski definition) is 0. The van der Waals surface area contributed by atoms with E-state index in [9.17, 15) is 0 Å². The zero-order valence-corrected chi connectivity index (χ0v) is 46.7. The smallest absolute Gasteiger partial charge is 0.0547 e. The van der Waals surface area contributed by atoms with Crippen LogP contribution in [0.4, 0.5) is 0 Å². The highest BCUT2D eigenvalue weighted by Gasteiger charge is 2.38. The lowest BCUT2D eigenvalue weighted by Gasteiger charge is -2.21. The summed E-state index contributed by atoms with van der Waals surface area (Å²) in [4.78, 5) is 0. The molecule has 0 aliphatic heterocycles. The number of benzene rings is 12. The first-order valence-corrected chi connectivity index (χ1v) is 29.5. The van der Waals surface area contributed by atoms with E-state index in [0.717, 1.165) is 17.1 Å². The van der Waals surface area contributed by atoms with Gasteiger partial charge in [-0.2, -0.15) is 0 Å². The van der Waals surface area contributed by atoms with Gasteiger partial charge in [0.15, 0.2) is 0 Å². The lowest BCUT2D eigenvalue weighted by Crippen LogP contribution is -2.15. The predicted octanol–water partition coefficient (Wildman–Crippen LogP) is 21.3. The molecule has 2 aliphatic carbocycles. The molecule has 386 valence electrons. The maximum atomic E-state index is 2.52. The molecule has 16 aromatic rings. The number of thiophene rings is 1. The summed E-state index contributed by atoms with van der Waals surface area (Å²) < 4.78 is 10.2. The maximum absolute atomic E-state index is 2.52. The number of hydrogen-bond acceptors (Lipinski definition) is 1. The first kappa shape index (κ1) is 46.1. The summed E-state index contributed by atoms with van der Waals surface area (Å²) in [5.74, 6) is 0. The summed E-state index contributed by atoms with van der Waals surface area (Å²) in [7, 11) is 0. The third-order valence-electron chi connectivity index (χ3n) is 19.0. The van der Waals surface area contributed by atoms with Crippen molar-refractivity contribution >= 4 is 96.9 Å². The van der Waals surface area contributed by atoms with Crippen molar-refractivity contribution < 1.29 is 0 Å². The summed E-state index contributed by atoms with van der Waals surface area (Å²) in [5, 5.41) is 10.2. The van der Waals surface area contributed by atoms with Gasteiger partial charge in [0.2, 0.25) is 0 Å². The van der Waals surface area contributed by atoms with E-state index < -0.39 is 0 Å². The zero-order chi connectivity index (χ0) is 54.3. The monoisotopic (exact) mass is 1060 g/mol. The standard InChI is InChI=1S/C78H53N3S/c1-77(2)64-25-10-5-19-53(64)59-42-61-56-22-8-13-28-69(56)81(72(61)44-66(59)77)51-18-15-17-50(41-51)80-68-27-12-7-21-55(68)57-37-33-48(40-71(57)80)52-24-16-29-70-76(52)63-43-60-54-20-6-11-26-65(54)78(3,4)67(60)45-73(63)79(70)49-35-31-46(32-36-49)47-34-38-75-62(39-47)58-23-9-14-30-74(58)82-75/h5-45H,1-4H3. The first-order valence-electron chi connectivity index (χ1n) is 28.7. The molecule has 18 rings (SSSR count). The summed E-state index contributed by atoms with van der Waals surface area (Å²) in [5.41, 5.74) is 26.1. The van der Waals surface area contributed by atoms with Crippen molar-refractivity contribution in [2.45, 2.75) is 38.5 Å². The second-order valence-electron chi connectivity index (χ2n) is 24.0. The van der Waals surface area contributed by atoms with E-state index in [1.165, 1.54) is 152 Å². The molecule has 0 radical (unpaired) electrons. The second-order valence-corrected chi connectivity index (χ2v) is 25.1. The quantitative estimate of drug-likeness (QED) is 0.163. The molecular formula is C78H53N3S. The van der Waals surface area contributed by atoms with Gasteiger partial charge in [-0.1, -0.05) is 179 Å². The van der Waals surface area contributed by atoms with Crippen molar-refractivity contribution in [3.05, 3.63) is 271 Å². The van der Waals surface area contributed by atoms with Crippen LogP contribution in [0.15, 0.2) is 249 Å². The molecule has 82 heavy (non-hydrogen) atoms. The van der Waals surface area contributed by atoms with Crippen LogP contribution in [0.3, 0.4) is 0 Å². The SMILES string of the molecule is CC1(C)c2ccccc2-c2cc3c4ccccc4n(-c4cccc(-n5c6ccccc6c6ccc(-c7cccc8c7c7cc9c(cc7n8-c7ccc(-c8ccc%10sc%11ccccc%11c%10c8)cc7)C(C)(C)c7ccccc7-9)cc65)c4)c3cc21. The fraction of sp³-hybridized carbons (Fsp3) is 0.0769. The summed E-state index contributed by atoms with van der Waals surface area (Å²) in [6.45, 7) is 9.54. The molecule has 0 unspecified atom stereocenters. The number of nitrogens with zero attached hydrogens (tertiary/aromatic N) is 3. The molecule has 0 bridgehead atoms. The molecule has 0 spiro atoms. The van der Waals surface area contributed by atoms with Gasteiger partial charge in [-0.25, -0.2) is 0 Å². The lowest BCUT2D eigenvalue weighted by atomic mass is 9.82. The van der Waals surface area contributed by atoms with Crippen LogP contribution < -0.4 is 0 Å². The van der Waals surface area contributed by atoms with Crippen LogP contribution in [0.2, 0.25) is 0 Å². The van der Waals surface area contributed by atoms with Crippen molar-refractivity contribution in [3.8, 4) is 61.6 Å². The van der Waals surface area contributed by atoms with Gasteiger partial charge in [0, 0.05) is 80.4 Å². The molecule has 0 amide bonds. The van der Waals surface area contributed by atoms with E-state index >= 15 is 0 Å². The Bertz CT molecular complexity index is 5460. The summed E-state index contributed by atoms with van der Waals surface area (Å²) in [6, 6.07) is 94.2. The molecule has 12 aromatic carbocycles. The zero-order valence-electron chi connectivity index (χ0n) is 45.9. The molecular weight excluding hydrogens is 1010 g/mol. The van der Waals surface area contributed by atoms with Crippen molar-refractivity contribution in [2.24, 2.45) is 0 Å². The van der Waals surface area contributed by atoms with E-state index in [4.69, 9.17) is 0 Å². The van der Waals surface area contributed by atoms with E-state index in [0.29, 0.717) is 0 Å². The van der Waals surface area contributed by atoms with Gasteiger partial charge in [-0.3, -0.25) is 0 Å². The Morgan fingerprint density at radius 3 is 1.44 bits per heavy atom. The average molecular weight is 1060 g/mol. The molecule has 0 N–H and O–H groups in total. The van der Waals surface area contributed by atoms with Gasteiger partial charge in [-0.15, -0.1) is 11.3 Å². The van der Waals surface area contributed by atoms with Crippen LogP contribution in [0.5, 0.6) is 0 Å². The normalized spacial score (nSPS) is 14.0. The van der Waals surface area contributed by atoms with Crippen LogP contribution in [-0.2, 0) is 10.8 Å². The van der Waals surface area contributed by atoms with Crippen LogP contribution >= 0.6 is 11.3 Å². The Balaban J connectivity index is 0.826. The third-order valence-corrected chi connectivity index (χ3v) is 20.2. The fourth-order valence-electron chi connectivity index (χ4n) is 15.1. The molecule has 0 atom stereocenters. The van der Waals surface area contributed by atoms with Gasteiger partial charge >= 0.3 is 0 Å². The maximum Gasteiger partial charge on any atom is 0.0547 e. The molecule has 0 saturated heterocycles. The van der Waals surface area contributed by atoms with Crippen molar-refractivity contribution in [2.75, 3.05) is 0 Å². The number of fused-ring (bicyclic) bond motifs is 18. The van der Waals surface area contributed by atoms with Gasteiger partial charge in [0.05, 0.1) is 33.1 Å². The minimum Gasteiger partial charge on any atom is -0.309 e. The minimum atomic E-state index is -0.153. The molecule has 4 aromatic heterocycles. The second kappa shape index (κ2) is 16.4. The Morgan fingerprint density at radius 1 is 0.256 bits per heavy atom. The first-order chi connectivity index (χ1) is 40.2. The number of rotatable bonds is 5. The van der Waals surface area contributed by atoms with Gasteiger partial charge < -0.3 is 13.7 Å². The van der Waals surface area contributed by atoms with Crippen LogP contribution in [0.1, 0.15) is 49.9 Å². The van der Waals surface area contributed by atoms with Crippen molar-refractivity contribution in [3.63, 3.8) is 0 Å². The van der Waals surface area contributed by atoms with Gasteiger partial charge in [0.25, 0.3) is 0 Å². The summed E-state index contributed by atoms with van der Waals surface area (Å²) >= 11 is 1.87. The number of para-hydroxylation sites is 2. The summed E-state index contributed by atoms with van der Waals surface area (Å²) in [6.07, 6.45) is 0. The van der Waals surface area contributed by atoms with Crippen LogP contribution in [-0.4, -0.2) is 13.7 Å². The molecule has 4 heteroatoms.